The van der Waals surface area contributed by atoms with Gasteiger partial charge in [-0.25, -0.2) is 0 Å². The molecule has 208 valence electrons. The van der Waals surface area contributed by atoms with Gasteiger partial charge in [0.15, 0.2) is 11.6 Å². The summed E-state index contributed by atoms with van der Waals surface area (Å²) in [5, 5.41) is 42.5. The number of carbonyl (C=O) groups is 4. The van der Waals surface area contributed by atoms with E-state index in [4.69, 9.17) is 5.11 Å². The van der Waals surface area contributed by atoms with E-state index in [9.17, 15) is 34.5 Å². The average molecular weight is 588 g/mol. The molecule has 1 aliphatic rings. The predicted molar refractivity (Wildman–Crippen MR) is 144 cm³/mol. The number of allylic oxidation sites excluding steroid dienone is 3. The molecular formula is C32H28O8Ti. The van der Waals surface area contributed by atoms with Gasteiger partial charge in [0.1, 0.15) is 0 Å². The molecule has 41 heavy (non-hydrogen) atoms. The largest absolute Gasteiger partial charge is 4.00 e. The molecule has 0 aliphatic heterocycles. The molecule has 9 heteroatoms. The maximum atomic E-state index is 11.2. The first kappa shape index (κ1) is 36.6. The van der Waals surface area contributed by atoms with Gasteiger partial charge < -0.3 is 20.4 Å². The van der Waals surface area contributed by atoms with Crippen LogP contribution < -0.4 is 20.4 Å². The first-order valence-electron chi connectivity index (χ1n) is 12.1. The Morgan fingerprint density at radius 3 is 1.39 bits per heavy atom. The van der Waals surface area contributed by atoms with Crippen LogP contribution in [-0.4, -0.2) is 29.7 Å². The molecule has 0 unspecified atom stereocenters. The Balaban J connectivity index is 0.000000552. The molecule has 0 spiro atoms. The van der Waals surface area contributed by atoms with Gasteiger partial charge in [-0.2, -0.15) is 0 Å². The summed E-state index contributed by atoms with van der Waals surface area (Å²) in [4.78, 5) is 43.3. The summed E-state index contributed by atoms with van der Waals surface area (Å²) in [6.07, 6.45) is 3.02. The van der Waals surface area contributed by atoms with Crippen molar-refractivity contribution in [2.45, 2.75) is 20.8 Å². The van der Waals surface area contributed by atoms with Gasteiger partial charge >= 0.3 is 21.7 Å². The molecule has 4 rings (SSSR count). The van der Waals surface area contributed by atoms with Gasteiger partial charge in [0.2, 0.25) is 11.6 Å². The fourth-order valence-corrected chi connectivity index (χ4v) is 3.03. The van der Waals surface area contributed by atoms with Crippen molar-refractivity contribution in [1.29, 1.82) is 0 Å². The van der Waals surface area contributed by atoms with Gasteiger partial charge in [-0.3, -0.25) is 19.2 Å². The van der Waals surface area contributed by atoms with E-state index < -0.39 is 11.6 Å². The van der Waals surface area contributed by atoms with Crippen molar-refractivity contribution in [3.05, 3.63) is 125 Å². The molecule has 0 saturated carbocycles. The van der Waals surface area contributed by atoms with Crippen molar-refractivity contribution in [3.8, 4) is 0 Å². The normalized spacial score (nSPS) is 11.9. The summed E-state index contributed by atoms with van der Waals surface area (Å²) in [5.74, 6) is -2.63. The van der Waals surface area contributed by atoms with Crippen LogP contribution in [0.25, 0.3) is 17.3 Å². The molecule has 0 N–H and O–H groups in total. The monoisotopic (exact) mass is 588 g/mol. The molecule has 8 nitrogen and oxygen atoms in total. The van der Waals surface area contributed by atoms with Crippen LogP contribution in [0.5, 0.6) is 0 Å². The Kier molecular flexibility index (Phi) is 17.6. The van der Waals surface area contributed by atoms with Crippen molar-refractivity contribution < 1.29 is 61.3 Å². The van der Waals surface area contributed by atoms with E-state index in [1.165, 1.54) is 19.9 Å². The molecule has 0 heterocycles. The second-order valence-electron chi connectivity index (χ2n) is 8.01. The van der Waals surface area contributed by atoms with E-state index in [0.717, 1.165) is 18.2 Å². The number of ketones is 4. The zero-order chi connectivity index (χ0) is 30.1. The van der Waals surface area contributed by atoms with Crippen LogP contribution in [0.1, 0.15) is 47.8 Å². The summed E-state index contributed by atoms with van der Waals surface area (Å²) in [7, 11) is 0. The number of Topliss-reactive ketones (excluding diaryl/α,β-unsaturated/α-hetero) is 1. The first-order chi connectivity index (χ1) is 19.0. The smallest absolute Gasteiger partial charge is 0.872 e. The summed E-state index contributed by atoms with van der Waals surface area (Å²) in [6.45, 7) is 4.29. The van der Waals surface area contributed by atoms with E-state index in [1.54, 1.807) is 73.7 Å². The molecule has 0 bridgehead atoms. The molecule has 0 aromatic heterocycles. The SMILES string of the molecule is CC(=O)/C=C(\[O-])c1ccccc1.CC(=O)/C=C(\[O-])c1ccccc1.CC[O-].O=C1C=C([O-])c2ccccc2C1=O.[Ti+4]. The standard InChI is InChI=1S/C10H6O3.2C10H10O2.C2H5O.Ti/c11-8-5-9(12)10(13)7-4-2-1-3-6(7)8;2*1-8(11)7-10(12)9-5-3-2-4-6-9;1-2-3;/h1-5,11H;2*2-7,12H,1H3;2H2,1H3;/q;;;-1;+4/p-3/b;2*10-7-;;. The second-order valence-corrected chi connectivity index (χ2v) is 8.01. The number of benzene rings is 3. The quantitative estimate of drug-likeness (QED) is 0.192. The van der Waals surface area contributed by atoms with Gasteiger partial charge in [-0.1, -0.05) is 109 Å². The minimum Gasteiger partial charge on any atom is -0.872 e. The van der Waals surface area contributed by atoms with Gasteiger partial charge in [0.05, 0.1) is 0 Å². The van der Waals surface area contributed by atoms with Crippen LogP contribution in [0.3, 0.4) is 0 Å². The fraction of sp³-hybridized carbons (Fsp3) is 0.125. The molecule has 0 saturated heterocycles. The van der Waals surface area contributed by atoms with E-state index in [1.807, 2.05) is 12.1 Å². The summed E-state index contributed by atoms with van der Waals surface area (Å²) in [5.41, 5.74) is 1.62. The van der Waals surface area contributed by atoms with Crippen molar-refractivity contribution in [3.63, 3.8) is 0 Å². The van der Waals surface area contributed by atoms with Crippen LogP contribution in [0.15, 0.2) is 103 Å². The van der Waals surface area contributed by atoms with Crippen LogP contribution >= 0.6 is 0 Å². The minimum atomic E-state index is -0.733. The number of carbonyl (C=O) groups excluding carboxylic acids is 4. The Morgan fingerprint density at radius 1 is 0.683 bits per heavy atom. The van der Waals surface area contributed by atoms with E-state index in [0.29, 0.717) is 16.7 Å². The number of hydrogen-bond donors (Lipinski definition) is 0. The summed E-state index contributed by atoms with van der Waals surface area (Å²) in [6, 6.07) is 23.8. The van der Waals surface area contributed by atoms with Crippen molar-refractivity contribution in [2.24, 2.45) is 0 Å². The van der Waals surface area contributed by atoms with Crippen molar-refractivity contribution >= 4 is 40.4 Å². The van der Waals surface area contributed by atoms with Crippen molar-refractivity contribution in [2.75, 3.05) is 6.61 Å². The van der Waals surface area contributed by atoms with Gasteiger partial charge in [-0.05, 0) is 48.8 Å². The summed E-state index contributed by atoms with van der Waals surface area (Å²) >= 11 is 0. The molecular weight excluding hydrogens is 560 g/mol. The van der Waals surface area contributed by atoms with E-state index in [-0.39, 0.29) is 62.7 Å². The minimum absolute atomic E-state index is 0. The van der Waals surface area contributed by atoms with E-state index >= 15 is 0 Å². The summed E-state index contributed by atoms with van der Waals surface area (Å²) < 4.78 is 0. The molecule has 3 aromatic carbocycles. The average Bonchev–Trinajstić information content (AvgIpc) is 2.93. The Labute approximate surface area is 253 Å². The zero-order valence-corrected chi connectivity index (χ0v) is 24.3. The predicted octanol–water partition coefficient (Wildman–Crippen LogP) is 1.47. The maximum absolute atomic E-state index is 11.2. The third-order valence-electron chi connectivity index (χ3n) is 4.71. The topological polar surface area (TPSA) is 161 Å². The van der Waals surface area contributed by atoms with Gasteiger partial charge in [0, 0.05) is 5.56 Å². The number of fused-ring (bicyclic) bond motifs is 1. The molecule has 0 radical (unpaired) electrons. The van der Waals surface area contributed by atoms with E-state index in [2.05, 4.69) is 0 Å². The number of hydrogen-bond acceptors (Lipinski definition) is 8. The first-order valence-corrected chi connectivity index (χ1v) is 12.1. The fourth-order valence-electron chi connectivity index (χ4n) is 3.03. The van der Waals surface area contributed by atoms with Crippen molar-refractivity contribution in [1.82, 2.24) is 0 Å². The van der Waals surface area contributed by atoms with Crippen LogP contribution in [-0.2, 0) is 36.1 Å². The van der Waals surface area contributed by atoms with Gasteiger partial charge in [0.25, 0.3) is 0 Å². The molecule has 0 amide bonds. The Morgan fingerprint density at radius 2 is 1.02 bits per heavy atom. The molecule has 3 aromatic rings. The maximum Gasteiger partial charge on any atom is 4.00 e. The molecule has 0 fully saturated rings. The second kappa shape index (κ2) is 19.7. The molecule has 1 aliphatic carbocycles. The third kappa shape index (κ3) is 13.5. The Hall–Kier alpha value is -4.37. The van der Waals surface area contributed by atoms with Gasteiger partial charge in [-0.15, -0.1) is 6.61 Å². The molecule has 0 atom stereocenters. The van der Waals surface area contributed by atoms with Crippen LogP contribution in [0, 0.1) is 0 Å². The van der Waals surface area contributed by atoms with Crippen LogP contribution in [0.2, 0.25) is 0 Å². The number of rotatable bonds is 4. The van der Waals surface area contributed by atoms with Crippen LogP contribution in [0.4, 0.5) is 0 Å². The third-order valence-corrected chi connectivity index (χ3v) is 4.71. The Bertz CT molecular complexity index is 1330. The zero-order valence-electron chi connectivity index (χ0n) is 22.8.